The number of carbonyl (C=O) groups is 2. The van der Waals surface area contributed by atoms with Crippen LogP contribution < -0.4 is 5.32 Å². The number of likely N-dealkylation sites (N-methyl/N-ethyl adjacent to an activating group) is 1. The number of carbonyl (C=O) groups excluding carboxylic acids is 2. The molecular formula is C14H28N4O3. The lowest BCUT2D eigenvalue weighted by molar-refractivity contribution is -0.132. The van der Waals surface area contributed by atoms with E-state index in [2.05, 4.69) is 10.2 Å². The first-order valence-corrected chi connectivity index (χ1v) is 7.59. The summed E-state index contributed by atoms with van der Waals surface area (Å²) in [7, 11) is 4.05. The Morgan fingerprint density at radius 3 is 2.29 bits per heavy atom. The molecule has 1 heterocycles. The number of rotatable bonds is 7. The fourth-order valence-corrected chi connectivity index (χ4v) is 2.13. The molecule has 0 aromatic rings. The topological polar surface area (TPSA) is 65.1 Å². The minimum absolute atomic E-state index is 0.149. The van der Waals surface area contributed by atoms with Crippen molar-refractivity contribution in [1.29, 1.82) is 0 Å². The second-order valence-corrected chi connectivity index (χ2v) is 5.37. The summed E-state index contributed by atoms with van der Waals surface area (Å²) in [6.07, 6.45) is 0.224. The Kier molecular flexibility index (Phi) is 8.07. The summed E-state index contributed by atoms with van der Waals surface area (Å²) < 4.78 is 4.96. The number of amides is 2. The monoisotopic (exact) mass is 300 g/mol. The fraction of sp³-hybridized carbons (Fsp3) is 0.857. The van der Waals surface area contributed by atoms with Gasteiger partial charge in [0.2, 0.25) is 5.91 Å². The standard InChI is InChI=1S/C14H28N4O3/c1-4-21-14(20)18-11-9-17(10-12-18)13(19)5-6-15-7-8-16(2)3/h15H,4-12H2,1-3H3. The van der Waals surface area contributed by atoms with Crippen LogP contribution in [-0.2, 0) is 9.53 Å². The predicted octanol–water partition coefficient (Wildman–Crippen LogP) is -0.172. The van der Waals surface area contributed by atoms with Gasteiger partial charge in [0.1, 0.15) is 0 Å². The van der Waals surface area contributed by atoms with E-state index in [1.807, 2.05) is 19.0 Å². The van der Waals surface area contributed by atoms with Gasteiger partial charge in [-0.25, -0.2) is 4.79 Å². The molecule has 0 atom stereocenters. The van der Waals surface area contributed by atoms with Gasteiger partial charge in [-0.15, -0.1) is 0 Å². The average Bonchev–Trinajstić information content (AvgIpc) is 2.46. The zero-order valence-electron chi connectivity index (χ0n) is 13.4. The number of hydrogen-bond acceptors (Lipinski definition) is 5. The van der Waals surface area contributed by atoms with Crippen LogP contribution in [0.2, 0.25) is 0 Å². The van der Waals surface area contributed by atoms with E-state index in [4.69, 9.17) is 4.74 Å². The fourth-order valence-electron chi connectivity index (χ4n) is 2.13. The summed E-state index contributed by atoms with van der Waals surface area (Å²) >= 11 is 0. The van der Waals surface area contributed by atoms with Crippen LogP contribution >= 0.6 is 0 Å². The number of piperazine rings is 1. The van der Waals surface area contributed by atoms with E-state index < -0.39 is 0 Å². The van der Waals surface area contributed by atoms with E-state index >= 15 is 0 Å². The van der Waals surface area contributed by atoms with Gasteiger partial charge in [0.25, 0.3) is 0 Å². The quantitative estimate of drug-likeness (QED) is 0.661. The summed E-state index contributed by atoms with van der Waals surface area (Å²) in [5.74, 6) is 0.149. The van der Waals surface area contributed by atoms with Gasteiger partial charge in [0.15, 0.2) is 0 Å². The molecule has 0 spiro atoms. The van der Waals surface area contributed by atoms with Crippen molar-refractivity contribution >= 4 is 12.0 Å². The van der Waals surface area contributed by atoms with Gasteiger partial charge in [-0.05, 0) is 21.0 Å². The van der Waals surface area contributed by atoms with Crippen LogP contribution in [0.25, 0.3) is 0 Å². The highest BCUT2D eigenvalue weighted by molar-refractivity contribution is 5.77. The predicted molar refractivity (Wildman–Crippen MR) is 81.2 cm³/mol. The molecule has 0 radical (unpaired) electrons. The van der Waals surface area contributed by atoms with E-state index in [0.29, 0.717) is 45.8 Å². The smallest absolute Gasteiger partial charge is 0.409 e. The number of ether oxygens (including phenoxy) is 1. The highest BCUT2D eigenvalue weighted by atomic mass is 16.6. The zero-order valence-corrected chi connectivity index (χ0v) is 13.4. The lowest BCUT2D eigenvalue weighted by Crippen LogP contribution is -2.51. The Morgan fingerprint density at radius 1 is 1.10 bits per heavy atom. The third-order valence-corrected chi connectivity index (χ3v) is 3.41. The molecule has 1 aliphatic rings. The van der Waals surface area contributed by atoms with Gasteiger partial charge in [-0.2, -0.15) is 0 Å². The highest BCUT2D eigenvalue weighted by Gasteiger charge is 2.24. The molecule has 122 valence electrons. The Morgan fingerprint density at radius 2 is 1.71 bits per heavy atom. The summed E-state index contributed by atoms with van der Waals surface area (Å²) in [5.41, 5.74) is 0. The molecule has 7 heteroatoms. The highest BCUT2D eigenvalue weighted by Crippen LogP contribution is 2.05. The number of nitrogens with zero attached hydrogens (tertiary/aromatic N) is 3. The van der Waals surface area contributed by atoms with E-state index in [1.165, 1.54) is 0 Å². The summed E-state index contributed by atoms with van der Waals surface area (Å²) in [5, 5.41) is 3.26. The van der Waals surface area contributed by atoms with Crippen LogP contribution in [0.3, 0.4) is 0 Å². The van der Waals surface area contributed by atoms with Crippen LogP contribution in [0.5, 0.6) is 0 Å². The summed E-state index contributed by atoms with van der Waals surface area (Å²) in [4.78, 5) is 29.2. The Balaban J connectivity index is 2.15. The maximum absolute atomic E-state index is 12.0. The van der Waals surface area contributed by atoms with Crippen molar-refractivity contribution < 1.29 is 14.3 Å². The minimum Gasteiger partial charge on any atom is -0.450 e. The lowest BCUT2D eigenvalue weighted by atomic mass is 10.3. The Bertz CT molecular complexity index is 328. The van der Waals surface area contributed by atoms with Crippen LogP contribution in [0, 0.1) is 0 Å². The van der Waals surface area contributed by atoms with Crippen LogP contribution in [0.15, 0.2) is 0 Å². The van der Waals surface area contributed by atoms with Gasteiger partial charge < -0.3 is 24.8 Å². The van der Waals surface area contributed by atoms with Crippen molar-refractivity contribution in [2.24, 2.45) is 0 Å². The maximum Gasteiger partial charge on any atom is 0.409 e. The first-order valence-electron chi connectivity index (χ1n) is 7.59. The normalized spacial score (nSPS) is 15.4. The molecule has 0 aromatic heterocycles. The third-order valence-electron chi connectivity index (χ3n) is 3.41. The molecule has 0 aliphatic carbocycles. The van der Waals surface area contributed by atoms with Crippen LogP contribution in [0.1, 0.15) is 13.3 Å². The summed E-state index contributed by atoms with van der Waals surface area (Å²) in [6.45, 7) is 7.02. The van der Waals surface area contributed by atoms with Gasteiger partial charge in [0.05, 0.1) is 6.61 Å². The molecular weight excluding hydrogens is 272 g/mol. The van der Waals surface area contributed by atoms with Gasteiger partial charge in [-0.3, -0.25) is 4.79 Å². The van der Waals surface area contributed by atoms with Crippen molar-refractivity contribution in [2.45, 2.75) is 13.3 Å². The van der Waals surface area contributed by atoms with Gasteiger partial charge in [-0.1, -0.05) is 0 Å². The van der Waals surface area contributed by atoms with Crippen molar-refractivity contribution in [3.05, 3.63) is 0 Å². The molecule has 0 unspecified atom stereocenters. The molecule has 0 bridgehead atoms. The number of nitrogens with one attached hydrogen (secondary N) is 1. The average molecular weight is 300 g/mol. The Labute approximate surface area is 127 Å². The van der Waals surface area contributed by atoms with Crippen molar-refractivity contribution in [1.82, 2.24) is 20.0 Å². The molecule has 0 saturated carbocycles. The molecule has 1 fully saturated rings. The molecule has 1 N–H and O–H groups in total. The van der Waals surface area contributed by atoms with Crippen molar-refractivity contribution in [3.63, 3.8) is 0 Å². The minimum atomic E-state index is -0.282. The third kappa shape index (κ3) is 6.77. The largest absolute Gasteiger partial charge is 0.450 e. The molecule has 1 saturated heterocycles. The van der Waals surface area contributed by atoms with E-state index in [9.17, 15) is 9.59 Å². The van der Waals surface area contributed by atoms with Crippen LogP contribution in [0.4, 0.5) is 4.79 Å². The Hall–Kier alpha value is -1.34. The first-order chi connectivity index (χ1) is 10.0. The SMILES string of the molecule is CCOC(=O)N1CCN(C(=O)CCNCCN(C)C)CC1. The molecule has 0 aromatic carbocycles. The second-order valence-electron chi connectivity index (χ2n) is 5.37. The first kappa shape index (κ1) is 17.7. The number of hydrogen-bond donors (Lipinski definition) is 1. The maximum atomic E-state index is 12.0. The molecule has 2 amide bonds. The molecule has 1 rings (SSSR count). The van der Waals surface area contributed by atoms with E-state index in [1.54, 1.807) is 11.8 Å². The molecule has 21 heavy (non-hydrogen) atoms. The van der Waals surface area contributed by atoms with Crippen LogP contribution in [-0.4, -0.2) is 93.2 Å². The summed E-state index contributed by atoms with van der Waals surface area (Å²) in [6, 6.07) is 0. The molecule has 1 aliphatic heterocycles. The molecule has 7 nitrogen and oxygen atoms in total. The zero-order chi connectivity index (χ0) is 15.7. The van der Waals surface area contributed by atoms with Crippen molar-refractivity contribution in [2.75, 3.05) is 66.5 Å². The van der Waals surface area contributed by atoms with Crippen molar-refractivity contribution in [3.8, 4) is 0 Å². The van der Waals surface area contributed by atoms with E-state index in [-0.39, 0.29) is 12.0 Å². The lowest BCUT2D eigenvalue weighted by Gasteiger charge is -2.34. The van der Waals surface area contributed by atoms with Gasteiger partial charge >= 0.3 is 6.09 Å². The van der Waals surface area contributed by atoms with Gasteiger partial charge in [0, 0.05) is 52.2 Å². The second kappa shape index (κ2) is 9.57. The van der Waals surface area contributed by atoms with E-state index in [0.717, 1.165) is 13.1 Å².